The van der Waals surface area contributed by atoms with E-state index in [1.165, 1.54) is 24.3 Å². The number of rotatable bonds is 4. The fourth-order valence-electron chi connectivity index (χ4n) is 2.04. The minimum absolute atomic E-state index is 0.0608. The first-order valence-electron chi connectivity index (χ1n) is 6.25. The highest BCUT2D eigenvalue weighted by molar-refractivity contribution is 5.45. The van der Waals surface area contributed by atoms with Crippen LogP contribution in [0.4, 0.5) is 5.69 Å². The third-order valence-electron chi connectivity index (χ3n) is 3.21. The summed E-state index contributed by atoms with van der Waals surface area (Å²) in [5, 5.41) is 57.0. The van der Waals surface area contributed by atoms with E-state index < -0.39 is 42.5 Å². The van der Waals surface area contributed by atoms with Crippen LogP contribution in [0.3, 0.4) is 0 Å². The largest absolute Gasteiger partial charge is 0.595 e. The molecular weight excluding hydrogens is 286 g/mol. The minimum Gasteiger partial charge on any atom is -0.595 e. The quantitative estimate of drug-likeness (QED) is 0.329. The van der Waals surface area contributed by atoms with Crippen LogP contribution in [0.15, 0.2) is 24.3 Å². The first-order chi connectivity index (χ1) is 9.95. The van der Waals surface area contributed by atoms with Gasteiger partial charge in [0.25, 0.3) is 0 Å². The van der Waals surface area contributed by atoms with Gasteiger partial charge in [-0.25, -0.2) is 5.21 Å². The van der Waals surface area contributed by atoms with Crippen molar-refractivity contribution in [2.75, 3.05) is 6.61 Å². The van der Waals surface area contributed by atoms with Gasteiger partial charge >= 0.3 is 0 Å². The lowest BCUT2D eigenvalue weighted by Crippen LogP contribution is -2.99. The third kappa shape index (κ3) is 3.31. The van der Waals surface area contributed by atoms with Gasteiger partial charge < -0.3 is 35.1 Å². The molecular formula is C12H17NO8. The van der Waals surface area contributed by atoms with Crippen molar-refractivity contribution in [3.05, 3.63) is 29.5 Å². The Morgan fingerprint density at radius 2 is 1.81 bits per heavy atom. The molecule has 0 bridgehead atoms. The lowest BCUT2D eigenvalue weighted by Gasteiger charge is -2.39. The molecule has 1 aromatic carbocycles. The van der Waals surface area contributed by atoms with Gasteiger partial charge in [0.1, 0.15) is 24.4 Å². The van der Waals surface area contributed by atoms with Crippen molar-refractivity contribution in [1.29, 1.82) is 0 Å². The normalized spacial score (nSPS) is 34.5. The minimum atomic E-state index is -1.59. The lowest BCUT2D eigenvalue weighted by molar-refractivity contribution is -0.991. The van der Waals surface area contributed by atoms with Gasteiger partial charge in [0.2, 0.25) is 12.0 Å². The standard InChI is InChI=1S/C12H17NO8/c14-5-8-9(15)10(16)11(17)12(21-8)20-7-4-2-1-3-6(7)13(18)19/h1-4,8-18H,5H2/t8-,9-,10+,11-,12-/m0/s1. The second-order valence-corrected chi connectivity index (χ2v) is 4.62. The zero-order valence-corrected chi connectivity index (χ0v) is 10.9. The summed E-state index contributed by atoms with van der Waals surface area (Å²) < 4.78 is 10.4. The molecule has 0 radical (unpaired) electrons. The summed E-state index contributed by atoms with van der Waals surface area (Å²) in [6.07, 6.45) is -7.21. The van der Waals surface area contributed by atoms with Crippen LogP contribution in [-0.4, -0.2) is 62.9 Å². The third-order valence-corrected chi connectivity index (χ3v) is 3.21. The zero-order chi connectivity index (χ0) is 15.6. The number of para-hydroxylation sites is 2. The van der Waals surface area contributed by atoms with E-state index in [2.05, 4.69) is 0 Å². The first-order valence-corrected chi connectivity index (χ1v) is 6.25. The molecule has 0 saturated carbocycles. The topological polar surface area (TPSA) is 147 Å². The fraction of sp³-hybridized carbons (Fsp3) is 0.500. The van der Waals surface area contributed by atoms with Gasteiger partial charge in [-0.05, 0) is 6.07 Å². The van der Waals surface area contributed by atoms with Crippen LogP contribution in [0.5, 0.6) is 5.75 Å². The molecule has 1 fully saturated rings. The smallest absolute Gasteiger partial charge is 0.229 e. The van der Waals surface area contributed by atoms with E-state index in [0.29, 0.717) is 0 Å². The predicted molar refractivity (Wildman–Crippen MR) is 66.6 cm³/mol. The van der Waals surface area contributed by atoms with E-state index in [-0.39, 0.29) is 11.4 Å². The second-order valence-electron chi connectivity index (χ2n) is 4.62. The summed E-state index contributed by atoms with van der Waals surface area (Å²) in [6, 6.07) is 5.71. The second kappa shape index (κ2) is 6.64. The van der Waals surface area contributed by atoms with E-state index in [0.717, 1.165) is 0 Å². The lowest BCUT2D eigenvalue weighted by atomic mass is 9.99. The highest BCUT2D eigenvalue weighted by Gasteiger charge is 2.45. The molecule has 9 nitrogen and oxygen atoms in total. The highest BCUT2D eigenvalue weighted by Crippen LogP contribution is 2.27. The maximum atomic E-state index is 11.1. The molecule has 9 heteroatoms. The summed E-state index contributed by atoms with van der Waals surface area (Å²) in [6.45, 7) is -0.592. The van der Waals surface area contributed by atoms with Crippen molar-refractivity contribution in [3.63, 3.8) is 0 Å². The van der Waals surface area contributed by atoms with Crippen molar-refractivity contribution >= 4 is 5.69 Å². The number of aliphatic hydroxyl groups excluding tert-OH is 4. The molecule has 1 saturated heterocycles. The van der Waals surface area contributed by atoms with Crippen molar-refractivity contribution in [2.24, 2.45) is 0 Å². The summed E-state index contributed by atoms with van der Waals surface area (Å²) in [4.78, 5) is 0. The fourth-order valence-corrected chi connectivity index (χ4v) is 2.04. The van der Waals surface area contributed by atoms with Crippen molar-refractivity contribution in [1.82, 2.24) is 0 Å². The molecule has 0 spiro atoms. The van der Waals surface area contributed by atoms with Crippen LogP contribution in [0.25, 0.3) is 0 Å². The molecule has 1 aromatic rings. The SMILES string of the molecule is [O-][NH+](O)c1ccccc1O[C@H]1O[C@@H](CO)[C@H](O)[C@@H](O)[C@@H]1O. The van der Waals surface area contributed by atoms with Gasteiger partial charge in [0.15, 0.2) is 5.75 Å². The van der Waals surface area contributed by atoms with Gasteiger partial charge in [-0.2, -0.15) is 5.23 Å². The summed E-state index contributed by atoms with van der Waals surface area (Å²) in [7, 11) is 0. The predicted octanol–water partition coefficient (Wildman–Crippen LogP) is -2.73. The molecule has 6 atom stereocenters. The molecule has 1 aliphatic heterocycles. The number of aliphatic hydroxyl groups is 4. The first kappa shape index (κ1) is 16.1. The van der Waals surface area contributed by atoms with E-state index in [1.807, 2.05) is 0 Å². The van der Waals surface area contributed by atoms with Crippen LogP contribution >= 0.6 is 0 Å². The highest BCUT2D eigenvalue weighted by atomic mass is 16.8. The molecule has 1 unspecified atom stereocenters. The number of ether oxygens (including phenoxy) is 2. The molecule has 1 heterocycles. The van der Waals surface area contributed by atoms with Crippen LogP contribution in [-0.2, 0) is 4.74 Å². The maximum absolute atomic E-state index is 11.1. The van der Waals surface area contributed by atoms with Crippen molar-refractivity contribution in [2.45, 2.75) is 30.7 Å². The number of hydrogen-bond donors (Lipinski definition) is 6. The van der Waals surface area contributed by atoms with Gasteiger partial charge in [0.05, 0.1) is 6.61 Å². The van der Waals surface area contributed by atoms with Gasteiger partial charge in [-0.1, -0.05) is 12.1 Å². The van der Waals surface area contributed by atoms with E-state index in [1.54, 1.807) is 0 Å². The average Bonchev–Trinajstić information content (AvgIpc) is 2.48. The number of quaternary nitrogens is 1. The molecule has 0 amide bonds. The zero-order valence-electron chi connectivity index (χ0n) is 10.9. The average molecular weight is 303 g/mol. The summed E-state index contributed by atoms with van der Waals surface area (Å²) in [5.41, 5.74) is -0.144. The van der Waals surface area contributed by atoms with Crippen LogP contribution in [0.1, 0.15) is 0 Å². The maximum Gasteiger partial charge on any atom is 0.229 e. The van der Waals surface area contributed by atoms with E-state index >= 15 is 0 Å². The molecule has 118 valence electrons. The molecule has 0 aromatic heterocycles. The van der Waals surface area contributed by atoms with Crippen LogP contribution in [0, 0.1) is 5.21 Å². The van der Waals surface area contributed by atoms with Gasteiger partial charge in [-0.3, -0.25) is 0 Å². The Labute approximate surface area is 119 Å². The molecule has 6 N–H and O–H groups in total. The van der Waals surface area contributed by atoms with E-state index in [4.69, 9.17) is 19.8 Å². The molecule has 2 rings (SSSR count). The number of hydrogen-bond acceptors (Lipinski definition) is 8. The summed E-state index contributed by atoms with van der Waals surface area (Å²) >= 11 is 0. The van der Waals surface area contributed by atoms with Crippen molar-refractivity contribution in [3.8, 4) is 5.75 Å². The molecule has 21 heavy (non-hydrogen) atoms. The Bertz CT molecular complexity index is 468. The Morgan fingerprint density at radius 3 is 2.43 bits per heavy atom. The van der Waals surface area contributed by atoms with Gasteiger partial charge in [0, 0.05) is 6.07 Å². The Morgan fingerprint density at radius 1 is 1.14 bits per heavy atom. The molecule has 0 aliphatic carbocycles. The number of benzene rings is 1. The summed E-state index contributed by atoms with van der Waals surface area (Å²) in [5.74, 6) is -0.0608. The Balaban J connectivity index is 2.19. The van der Waals surface area contributed by atoms with Crippen molar-refractivity contribution < 1.29 is 40.3 Å². The Kier molecular flexibility index (Phi) is 5.08. The monoisotopic (exact) mass is 303 g/mol. The van der Waals surface area contributed by atoms with Gasteiger partial charge in [-0.15, -0.1) is 0 Å². The van der Waals surface area contributed by atoms with E-state index in [9.17, 15) is 20.5 Å². The molecule has 1 aliphatic rings. The Hall–Kier alpha value is -1.30. The number of nitrogens with one attached hydrogen (secondary N) is 1. The van der Waals surface area contributed by atoms with Crippen LogP contribution < -0.4 is 9.96 Å². The van der Waals surface area contributed by atoms with Crippen LogP contribution in [0.2, 0.25) is 0 Å².